The average molecular weight is 322 g/mol. The summed E-state index contributed by atoms with van der Waals surface area (Å²) < 4.78 is 56.1. The largest absolute Gasteiger partial charge is 1.00 e. The second-order valence-corrected chi connectivity index (χ2v) is 4.52. The van der Waals surface area contributed by atoms with Crippen LogP contribution in [-0.2, 0) is 6.61 Å². The molecule has 0 saturated heterocycles. The van der Waals surface area contributed by atoms with E-state index in [9.17, 15) is 17.3 Å². The molecule has 106 valence electrons. The fraction of sp³-hybridized carbons (Fsp3) is 0.143. The first-order valence-electron chi connectivity index (χ1n) is 6.04. The van der Waals surface area contributed by atoms with E-state index in [2.05, 4.69) is 0 Å². The maximum atomic E-state index is 13.0. The molecule has 7 heteroatoms. The van der Waals surface area contributed by atoms with Gasteiger partial charge in [0.25, 0.3) is 0 Å². The quantitative estimate of drug-likeness (QED) is 0.597. The Kier molecular flexibility index (Phi) is 6.93. The van der Waals surface area contributed by atoms with Crippen LogP contribution in [0.1, 0.15) is 11.1 Å². The van der Waals surface area contributed by atoms with E-state index in [1.807, 2.05) is 0 Å². The van der Waals surface area contributed by atoms with Gasteiger partial charge in [0.1, 0.15) is 18.2 Å². The molecule has 0 unspecified atom stereocenters. The molecule has 0 amide bonds. The van der Waals surface area contributed by atoms with Gasteiger partial charge in [-0.25, -0.2) is 4.39 Å². The summed E-state index contributed by atoms with van der Waals surface area (Å²) >= 11 is 0. The first-order valence-corrected chi connectivity index (χ1v) is 6.04. The number of aryl methyl sites for hydroxylation is 1. The van der Waals surface area contributed by atoms with E-state index in [1.165, 1.54) is 18.2 Å². The molecule has 2 aromatic carbocycles. The summed E-state index contributed by atoms with van der Waals surface area (Å²) in [4.78, 5) is 0. The van der Waals surface area contributed by atoms with Gasteiger partial charge in [0.05, 0.1) is 0 Å². The molecule has 0 N–H and O–H groups in total. The van der Waals surface area contributed by atoms with Crippen molar-refractivity contribution in [1.82, 2.24) is 0 Å². The molecule has 21 heavy (non-hydrogen) atoms. The molecule has 0 saturated carbocycles. The molecule has 1 nitrogen and oxygen atoms in total. The molecule has 2 rings (SSSR count). The van der Waals surface area contributed by atoms with Crippen molar-refractivity contribution >= 4 is 12.4 Å². The number of benzene rings is 2. The van der Waals surface area contributed by atoms with Crippen molar-refractivity contribution in [2.45, 2.75) is 13.5 Å². The summed E-state index contributed by atoms with van der Waals surface area (Å²) in [6.07, 6.45) is 0. The fourth-order valence-corrected chi connectivity index (χ4v) is 1.83. The van der Waals surface area contributed by atoms with Gasteiger partial charge in [-0.3, -0.25) is 0 Å². The maximum absolute atomic E-state index is 13.0. The number of halogens is 4. The predicted octanol–water partition coefficient (Wildman–Crippen LogP) is 0.772. The van der Waals surface area contributed by atoms with Gasteiger partial charge in [-0.1, -0.05) is 24.3 Å². The van der Waals surface area contributed by atoms with E-state index < -0.39 is 12.4 Å². The Morgan fingerprint density at radius 2 is 1.76 bits per heavy atom. The van der Waals surface area contributed by atoms with Crippen LogP contribution in [0, 0.1) is 12.7 Å². The van der Waals surface area contributed by atoms with Crippen molar-refractivity contribution in [2.75, 3.05) is 0 Å². The van der Waals surface area contributed by atoms with Crippen molar-refractivity contribution in [2.24, 2.45) is 0 Å². The molecule has 0 atom stereocenters. The van der Waals surface area contributed by atoms with E-state index in [1.54, 1.807) is 19.1 Å². The van der Waals surface area contributed by atoms with Gasteiger partial charge in [-0.05, 0) is 36.2 Å². The van der Waals surface area contributed by atoms with Crippen LogP contribution in [0.2, 0.25) is 0 Å². The first kappa shape index (κ1) is 18.7. The third-order valence-corrected chi connectivity index (χ3v) is 2.86. The van der Waals surface area contributed by atoms with E-state index in [0.29, 0.717) is 16.9 Å². The molecule has 0 aliphatic heterocycles. The second-order valence-electron chi connectivity index (χ2n) is 4.52. The van der Waals surface area contributed by atoms with Crippen molar-refractivity contribution in [3.63, 3.8) is 0 Å². The van der Waals surface area contributed by atoms with Gasteiger partial charge in [-0.2, -0.15) is 0 Å². The summed E-state index contributed by atoms with van der Waals surface area (Å²) in [6, 6.07) is 9.22. The zero-order valence-corrected chi connectivity index (χ0v) is 14.9. The second kappa shape index (κ2) is 7.78. The summed E-state index contributed by atoms with van der Waals surface area (Å²) in [5.41, 5.74) is 0.368. The fourth-order valence-electron chi connectivity index (χ4n) is 1.83. The number of ether oxygens (including phenoxy) is 1. The van der Waals surface area contributed by atoms with Crippen molar-refractivity contribution in [1.29, 1.82) is 0 Å². The zero-order chi connectivity index (χ0) is 14.8. The van der Waals surface area contributed by atoms with Crippen molar-refractivity contribution < 1.29 is 73.5 Å². The van der Waals surface area contributed by atoms with Crippen molar-refractivity contribution in [3.8, 4) is 5.75 Å². The van der Waals surface area contributed by atoms with Gasteiger partial charge in [0.15, 0.2) is 0 Å². The van der Waals surface area contributed by atoms with E-state index in [0.717, 1.165) is 12.1 Å². The third-order valence-electron chi connectivity index (χ3n) is 2.86. The van der Waals surface area contributed by atoms with Gasteiger partial charge >= 0.3 is 58.4 Å². The molecule has 0 radical (unpaired) electrons. The van der Waals surface area contributed by atoms with E-state index >= 15 is 0 Å². The topological polar surface area (TPSA) is 9.23 Å². The van der Waals surface area contributed by atoms with Crippen LogP contribution in [0.25, 0.3) is 0 Å². The molecule has 0 aliphatic rings. The van der Waals surface area contributed by atoms with Crippen LogP contribution < -0.4 is 61.6 Å². The minimum absolute atomic E-state index is 0. The average Bonchev–Trinajstić information content (AvgIpc) is 2.36. The van der Waals surface area contributed by atoms with Gasteiger partial charge < -0.3 is 17.7 Å². The smallest absolute Gasteiger partial charge is 0.489 e. The minimum atomic E-state index is -5.01. The Balaban J connectivity index is 0.00000220. The molecule has 0 bridgehead atoms. The molecule has 0 aromatic heterocycles. The van der Waals surface area contributed by atoms with Crippen LogP contribution >= 0.6 is 0 Å². The molecule has 0 spiro atoms. The van der Waals surface area contributed by atoms with E-state index in [-0.39, 0.29) is 63.8 Å². The summed E-state index contributed by atoms with van der Waals surface area (Å²) in [6.45, 7) is -3.35. The number of rotatable bonds is 4. The SMILES string of the molecule is Cc1cc([B-](F)(F)F)ccc1OCc1cccc(F)c1.[K+]. The molecular formula is C14H12BF4KO. The van der Waals surface area contributed by atoms with Crippen LogP contribution in [0.4, 0.5) is 17.3 Å². The number of hydrogen-bond donors (Lipinski definition) is 0. The Morgan fingerprint density at radius 1 is 1.05 bits per heavy atom. The normalized spacial score (nSPS) is 10.9. The predicted molar refractivity (Wildman–Crippen MR) is 70.6 cm³/mol. The summed E-state index contributed by atoms with van der Waals surface area (Å²) in [5.74, 6) is -0.0176. The molecule has 2 aromatic rings. The van der Waals surface area contributed by atoms with Crippen LogP contribution in [0.5, 0.6) is 5.75 Å². The standard InChI is InChI=1S/C14H12BF4O.K/c1-10-7-12(15(17,18)19)5-6-14(10)20-9-11-3-2-4-13(16)8-11;/h2-8H,9H2,1H3;/q-1;+1. The Labute approximate surface area is 163 Å². The van der Waals surface area contributed by atoms with Gasteiger partial charge in [0, 0.05) is 0 Å². The summed E-state index contributed by atoms with van der Waals surface area (Å²) in [5, 5.41) is 0. The van der Waals surface area contributed by atoms with Gasteiger partial charge in [0.2, 0.25) is 0 Å². The monoisotopic (exact) mass is 322 g/mol. The Hall–Kier alpha value is -0.339. The molecule has 0 aliphatic carbocycles. The van der Waals surface area contributed by atoms with Crippen LogP contribution in [0.3, 0.4) is 0 Å². The molecular weight excluding hydrogens is 310 g/mol. The zero-order valence-electron chi connectivity index (χ0n) is 11.7. The first-order chi connectivity index (χ1) is 9.36. The maximum Gasteiger partial charge on any atom is 1.00 e. The summed E-state index contributed by atoms with van der Waals surface area (Å²) in [7, 11) is 0. The van der Waals surface area contributed by atoms with E-state index in [4.69, 9.17) is 4.74 Å². The Bertz CT molecular complexity index is 616. The molecule has 0 heterocycles. The van der Waals surface area contributed by atoms with Crippen LogP contribution in [0.15, 0.2) is 42.5 Å². The van der Waals surface area contributed by atoms with Crippen molar-refractivity contribution in [3.05, 3.63) is 59.4 Å². The third kappa shape index (κ3) is 5.41. The van der Waals surface area contributed by atoms with Crippen LogP contribution in [-0.4, -0.2) is 6.98 Å². The Morgan fingerprint density at radius 3 is 2.33 bits per heavy atom. The molecule has 0 fully saturated rings. The minimum Gasteiger partial charge on any atom is -0.489 e. The van der Waals surface area contributed by atoms with Gasteiger partial charge in [-0.15, -0.1) is 5.46 Å². The number of hydrogen-bond acceptors (Lipinski definition) is 1.